The van der Waals surface area contributed by atoms with Gasteiger partial charge in [-0.05, 0) is 24.3 Å². The van der Waals surface area contributed by atoms with Crippen molar-refractivity contribution in [2.45, 2.75) is 12.5 Å². The van der Waals surface area contributed by atoms with E-state index in [1.807, 2.05) is 19.0 Å². The van der Waals surface area contributed by atoms with Crippen LogP contribution in [0.5, 0.6) is 0 Å². The highest BCUT2D eigenvalue weighted by atomic mass is 16.4. The lowest BCUT2D eigenvalue weighted by molar-refractivity contribution is -0.140. The minimum absolute atomic E-state index is 0.311. The smallest absolute Gasteiger partial charge is 0.326 e. The molecule has 1 unspecified atom stereocenters. The minimum atomic E-state index is -1.33. The molecule has 0 heterocycles. The highest BCUT2D eigenvalue weighted by Gasteiger charge is 2.22. The average Bonchev–Trinajstić information content (AvgIpc) is 2.37. The van der Waals surface area contributed by atoms with E-state index in [0.717, 1.165) is 5.69 Å². The predicted molar refractivity (Wildman–Crippen MR) is 73.5 cm³/mol. The SMILES string of the molecule is CN(C)c1ccc(C(=O)NC(CC(N)=O)C(=O)O)cc1. The van der Waals surface area contributed by atoms with E-state index in [0.29, 0.717) is 5.56 Å². The molecule has 0 aromatic heterocycles. The molecule has 0 aliphatic carbocycles. The lowest BCUT2D eigenvalue weighted by atomic mass is 10.1. The van der Waals surface area contributed by atoms with Crippen LogP contribution in [0.25, 0.3) is 0 Å². The Labute approximate surface area is 116 Å². The standard InChI is InChI=1S/C13H17N3O4/c1-16(2)9-5-3-8(4-6-9)12(18)15-10(13(19)20)7-11(14)17/h3-6,10H,7H2,1-2H3,(H2,14,17)(H,15,18)(H,19,20). The normalized spacial score (nSPS) is 11.5. The molecule has 0 spiro atoms. The summed E-state index contributed by atoms with van der Waals surface area (Å²) >= 11 is 0. The Bertz CT molecular complexity index is 511. The fraction of sp³-hybridized carbons (Fsp3) is 0.308. The van der Waals surface area contributed by atoms with Gasteiger partial charge < -0.3 is 21.1 Å². The maximum atomic E-state index is 11.9. The second kappa shape index (κ2) is 6.55. The number of carboxylic acids is 1. The van der Waals surface area contributed by atoms with E-state index in [1.165, 1.54) is 0 Å². The van der Waals surface area contributed by atoms with E-state index in [-0.39, 0.29) is 0 Å². The topological polar surface area (TPSA) is 113 Å². The maximum Gasteiger partial charge on any atom is 0.326 e. The van der Waals surface area contributed by atoms with Gasteiger partial charge in [-0.3, -0.25) is 9.59 Å². The molecule has 1 rings (SSSR count). The van der Waals surface area contributed by atoms with Gasteiger partial charge in [-0.15, -0.1) is 0 Å². The van der Waals surface area contributed by atoms with Crippen LogP contribution in [0.4, 0.5) is 5.69 Å². The van der Waals surface area contributed by atoms with Crippen molar-refractivity contribution < 1.29 is 19.5 Å². The van der Waals surface area contributed by atoms with Crippen LogP contribution < -0.4 is 16.0 Å². The summed E-state index contributed by atoms with van der Waals surface area (Å²) < 4.78 is 0. The lowest BCUT2D eigenvalue weighted by Gasteiger charge is -2.14. The zero-order valence-electron chi connectivity index (χ0n) is 11.3. The minimum Gasteiger partial charge on any atom is -0.480 e. The number of aliphatic carboxylic acids is 1. The second-order valence-corrected chi connectivity index (χ2v) is 4.48. The quantitative estimate of drug-likeness (QED) is 0.668. The van der Waals surface area contributed by atoms with Crippen molar-refractivity contribution in [2.24, 2.45) is 5.73 Å². The highest BCUT2D eigenvalue weighted by Crippen LogP contribution is 2.12. The van der Waals surface area contributed by atoms with Crippen LogP contribution in [0.3, 0.4) is 0 Å². The van der Waals surface area contributed by atoms with E-state index < -0.39 is 30.2 Å². The highest BCUT2D eigenvalue weighted by molar-refractivity contribution is 5.97. The Morgan fingerprint density at radius 1 is 1.25 bits per heavy atom. The Morgan fingerprint density at radius 2 is 1.80 bits per heavy atom. The number of primary amides is 1. The van der Waals surface area contributed by atoms with Crippen molar-refractivity contribution in [3.05, 3.63) is 29.8 Å². The van der Waals surface area contributed by atoms with Crippen LogP contribution in [0.1, 0.15) is 16.8 Å². The van der Waals surface area contributed by atoms with Crippen LogP contribution in [0.15, 0.2) is 24.3 Å². The summed E-state index contributed by atoms with van der Waals surface area (Å²) in [7, 11) is 3.73. The molecule has 1 atom stereocenters. The molecule has 7 nitrogen and oxygen atoms in total. The number of nitrogens with zero attached hydrogens (tertiary/aromatic N) is 1. The molecule has 0 aliphatic heterocycles. The van der Waals surface area contributed by atoms with Crippen LogP contribution in [-0.4, -0.2) is 43.0 Å². The molecular weight excluding hydrogens is 262 g/mol. The third kappa shape index (κ3) is 4.27. The van der Waals surface area contributed by atoms with Gasteiger partial charge >= 0.3 is 5.97 Å². The molecule has 0 saturated carbocycles. The number of hydrogen-bond donors (Lipinski definition) is 3. The largest absolute Gasteiger partial charge is 0.480 e. The van der Waals surface area contributed by atoms with Gasteiger partial charge in [-0.1, -0.05) is 0 Å². The zero-order chi connectivity index (χ0) is 15.3. The van der Waals surface area contributed by atoms with Gasteiger partial charge in [-0.2, -0.15) is 0 Å². The van der Waals surface area contributed by atoms with Crippen molar-refractivity contribution in [1.82, 2.24) is 5.32 Å². The van der Waals surface area contributed by atoms with E-state index in [2.05, 4.69) is 5.32 Å². The summed E-state index contributed by atoms with van der Waals surface area (Å²) in [5, 5.41) is 11.2. The van der Waals surface area contributed by atoms with E-state index in [4.69, 9.17) is 10.8 Å². The molecule has 108 valence electrons. The third-order valence-corrected chi connectivity index (χ3v) is 2.65. The van der Waals surface area contributed by atoms with Crippen LogP contribution in [0, 0.1) is 0 Å². The molecule has 20 heavy (non-hydrogen) atoms. The van der Waals surface area contributed by atoms with Crippen LogP contribution in [0.2, 0.25) is 0 Å². The predicted octanol–water partition coefficient (Wildman–Crippen LogP) is -0.189. The van der Waals surface area contributed by atoms with Gasteiger partial charge in [0, 0.05) is 25.3 Å². The molecule has 2 amide bonds. The number of anilines is 1. The molecular formula is C13H17N3O4. The molecule has 1 aromatic carbocycles. The monoisotopic (exact) mass is 279 g/mol. The first-order valence-corrected chi connectivity index (χ1v) is 5.90. The number of hydrogen-bond acceptors (Lipinski definition) is 4. The molecule has 0 bridgehead atoms. The van der Waals surface area contributed by atoms with E-state index in [1.54, 1.807) is 24.3 Å². The van der Waals surface area contributed by atoms with E-state index >= 15 is 0 Å². The van der Waals surface area contributed by atoms with E-state index in [9.17, 15) is 14.4 Å². The Balaban J connectivity index is 2.78. The van der Waals surface area contributed by atoms with Crippen LogP contribution in [-0.2, 0) is 9.59 Å². The number of nitrogens with one attached hydrogen (secondary N) is 1. The summed E-state index contributed by atoms with van der Waals surface area (Å²) in [6.45, 7) is 0. The van der Waals surface area contributed by atoms with Crippen molar-refractivity contribution in [2.75, 3.05) is 19.0 Å². The Morgan fingerprint density at radius 3 is 2.20 bits per heavy atom. The molecule has 0 saturated heterocycles. The van der Waals surface area contributed by atoms with Crippen molar-refractivity contribution in [3.63, 3.8) is 0 Å². The average molecular weight is 279 g/mol. The second-order valence-electron chi connectivity index (χ2n) is 4.48. The number of nitrogens with two attached hydrogens (primary N) is 1. The molecule has 4 N–H and O–H groups in total. The fourth-order valence-electron chi connectivity index (χ4n) is 1.55. The number of amides is 2. The summed E-state index contributed by atoms with van der Waals surface area (Å²) in [6, 6.07) is 5.30. The summed E-state index contributed by atoms with van der Waals surface area (Å²) in [5.74, 6) is -2.66. The molecule has 0 aliphatic rings. The first-order valence-electron chi connectivity index (χ1n) is 5.90. The summed E-state index contributed by atoms with van der Waals surface area (Å²) in [6.07, 6.45) is -0.448. The first kappa shape index (κ1) is 15.5. The van der Waals surface area contributed by atoms with Crippen molar-refractivity contribution >= 4 is 23.5 Å². The molecule has 0 radical (unpaired) electrons. The Hall–Kier alpha value is -2.57. The van der Waals surface area contributed by atoms with Crippen LogP contribution >= 0.6 is 0 Å². The molecule has 0 fully saturated rings. The number of carbonyl (C=O) groups excluding carboxylic acids is 2. The summed E-state index contributed by atoms with van der Waals surface area (Å²) in [5.41, 5.74) is 6.16. The van der Waals surface area contributed by atoms with Gasteiger partial charge in [0.2, 0.25) is 5.91 Å². The van der Waals surface area contributed by atoms with Gasteiger partial charge in [0.05, 0.1) is 6.42 Å². The lowest BCUT2D eigenvalue weighted by Crippen LogP contribution is -2.43. The van der Waals surface area contributed by atoms with Crippen molar-refractivity contribution in [3.8, 4) is 0 Å². The Kier molecular flexibility index (Phi) is 5.08. The number of carboxylic acid groups (broad SMARTS) is 1. The van der Waals surface area contributed by atoms with Gasteiger partial charge in [-0.25, -0.2) is 4.79 Å². The molecule has 7 heteroatoms. The van der Waals surface area contributed by atoms with Crippen molar-refractivity contribution in [1.29, 1.82) is 0 Å². The zero-order valence-corrected chi connectivity index (χ0v) is 11.3. The number of carbonyl (C=O) groups is 3. The number of benzene rings is 1. The summed E-state index contributed by atoms with van der Waals surface area (Å²) in [4.78, 5) is 35.4. The molecule has 1 aromatic rings. The van der Waals surface area contributed by atoms with Gasteiger partial charge in [0.1, 0.15) is 6.04 Å². The number of rotatable bonds is 6. The third-order valence-electron chi connectivity index (χ3n) is 2.65. The van der Waals surface area contributed by atoms with Gasteiger partial charge in [0.15, 0.2) is 0 Å². The fourth-order valence-corrected chi connectivity index (χ4v) is 1.55. The maximum absolute atomic E-state index is 11.9. The van der Waals surface area contributed by atoms with Gasteiger partial charge in [0.25, 0.3) is 5.91 Å². The first-order chi connectivity index (χ1) is 9.31.